The van der Waals surface area contributed by atoms with E-state index >= 15 is 0 Å². The lowest BCUT2D eigenvalue weighted by Gasteiger charge is -2.32. The van der Waals surface area contributed by atoms with Gasteiger partial charge in [-0.15, -0.1) is 0 Å². The van der Waals surface area contributed by atoms with Gasteiger partial charge in [-0.2, -0.15) is 0 Å². The van der Waals surface area contributed by atoms with Gasteiger partial charge >= 0.3 is 5.97 Å². The number of carboxylic acid groups (broad SMARTS) is 1. The molecule has 38 heavy (non-hydrogen) atoms. The topological polar surface area (TPSA) is 148 Å². The number of anilines is 1. The van der Waals surface area contributed by atoms with E-state index in [-0.39, 0.29) is 25.2 Å². The van der Waals surface area contributed by atoms with Crippen molar-refractivity contribution in [3.05, 3.63) is 47.3 Å². The minimum absolute atomic E-state index is 0.0671. The van der Waals surface area contributed by atoms with E-state index in [4.69, 9.17) is 10.5 Å². The summed E-state index contributed by atoms with van der Waals surface area (Å²) in [7, 11) is 0. The molecule has 1 fully saturated rings. The molecule has 0 aliphatic carbocycles. The molecule has 1 aromatic heterocycles. The molecule has 0 saturated carbocycles. The first-order valence-corrected chi connectivity index (χ1v) is 12.7. The van der Waals surface area contributed by atoms with Gasteiger partial charge in [0.05, 0.1) is 6.61 Å². The van der Waals surface area contributed by atoms with Crippen molar-refractivity contribution in [2.45, 2.75) is 57.9 Å². The maximum absolute atomic E-state index is 14.5. The zero-order chi connectivity index (χ0) is 27.7. The summed E-state index contributed by atoms with van der Waals surface area (Å²) in [5.74, 6) is -4.65. The molecule has 2 amide bonds. The van der Waals surface area contributed by atoms with Crippen molar-refractivity contribution in [2.75, 3.05) is 24.6 Å². The number of nitrogens with zero attached hydrogens (tertiary/aromatic N) is 3. The molecule has 10 nitrogen and oxygen atoms in total. The van der Waals surface area contributed by atoms with Crippen LogP contribution in [-0.4, -0.2) is 58.6 Å². The number of piperidine rings is 1. The number of hydrogen-bond acceptors (Lipinski definition) is 7. The highest BCUT2D eigenvalue weighted by atomic mass is 19.1. The molecule has 0 bridgehead atoms. The number of carbonyl (C=O) groups is 3. The Morgan fingerprint density at radius 3 is 2.37 bits per heavy atom. The summed E-state index contributed by atoms with van der Waals surface area (Å²) in [4.78, 5) is 45.5. The van der Waals surface area contributed by atoms with Crippen molar-refractivity contribution in [1.82, 2.24) is 15.3 Å². The molecule has 1 aliphatic rings. The third kappa shape index (κ3) is 8.09. The van der Waals surface area contributed by atoms with Gasteiger partial charge in [0.15, 0.2) is 0 Å². The first-order valence-electron chi connectivity index (χ1n) is 12.7. The first kappa shape index (κ1) is 28.7. The quantitative estimate of drug-likeness (QED) is 0.333. The lowest BCUT2D eigenvalue weighted by atomic mass is 9.92. The number of hydrogen-bond donors (Lipinski definition) is 3. The third-order valence-corrected chi connectivity index (χ3v) is 6.55. The smallest absolute Gasteiger partial charge is 0.326 e. The Morgan fingerprint density at radius 1 is 1.18 bits per heavy atom. The van der Waals surface area contributed by atoms with Gasteiger partial charge in [0, 0.05) is 44.0 Å². The number of aromatic nitrogens is 2. The Morgan fingerprint density at radius 2 is 1.82 bits per heavy atom. The van der Waals surface area contributed by atoms with E-state index in [0.717, 1.165) is 62.4 Å². The van der Waals surface area contributed by atoms with Crippen LogP contribution >= 0.6 is 0 Å². The Labute approximate surface area is 219 Å². The zero-order valence-corrected chi connectivity index (χ0v) is 21.3. The number of rotatable bonds is 13. The van der Waals surface area contributed by atoms with Crippen LogP contribution in [0.3, 0.4) is 0 Å². The maximum Gasteiger partial charge on any atom is 0.326 e. The first-order chi connectivity index (χ1) is 18.2. The molecule has 1 saturated heterocycles. The molecule has 2 heterocycles. The Bertz CT molecular complexity index is 1100. The summed E-state index contributed by atoms with van der Waals surface area (Å²) in [6.45, 7) is 4.04. The van der Waals surface area contributed by atoms with Crippen molar-refractivity contribution in [1.29, 1.82) is 0 Å². The van der Waals surface area contributed by atoms with Crippen LogP contribution in [0.1, 0.15) is 61.4 Å². The highest BCUT2D eigenvalue weighted by molar-refractivity contribution is 5.97. The van der Waals surface area contributed by atoms with Crippen LogP contribution in [0.2, 0.25) is 0 Å². The number of ether oxygens (including phenoxy) is 1. The van der Waals surface area contributed by atoms with Gasteiger partial charge < -0.3 is 25.8 Å². The number of amides is 2. The lowest BCUT2D eigenvalue weighted by Crippen LogP contribution is -2.42. The van der Waals surface area contributed by atoms with Gasteiger partial charge in [-0.05, 0) is 50.0 Å². The van der Waals surface area contributed by atoms with Crippen molar-refractivity contribution in [3.8, 4) is 5.75 Å². The number of aryl methyl sites for hydroxylation is 1. The maximum atomic E-state index is 14.5. The average molecular weight is 534 g/mol. The van der Waals surface area contributed by atoms with Crippen molar-refractivity contribution < 1.29 is 33.0 Å². The highest BCUT2D eigenvalue weighted by Crippen LogP contribution is 2.25. The molecular weight excluding hydrogens is 500 g/mol. The fourth-order valence-electron chi connectivity index (χ4n) is 4.30. The Kier molecular flexibility index (Phi) is 10.3. The van der Waals surface area contributed by atoms with E-state index in [0.29, 0.717) is 12.3 Å². The fraction of sp³-hybridized carbons (Fsp3) is 0.500. The molecule has 0 spiro atoms. The van der Waals surface area contributed by atoms with Crippen LogP contribution in [-0.2, 0) is 16.0 Å². The molecule has 206 valence electrons. The van der Waals surface area contributed by atoms with Crippen LogP contribution in [0.25, 0.3) is 0 Å². The van der Waals surface area contributed by atoms with Gasteiger partial charge in [-0.25, -0.2) is 23.5 Å². The van der Waals surface area contributed by atoms with Gasteiger partial charge in [-0.1, -0.05) is 6.92 Å². The Hall–Kier alpha value is -3.83. The number of halogens is 2. The summed E-state index contributed by atoms with van der Waals surface area (Å²) in [6.07, 6.45) is 7.57. The van der Waals surface area contributed by atoms with Crippen LogP contribution in [0.5, 0.6) is 5.75 Å². The summed E-state index contributed by atoms with van der Waals surface area (Å²) < 4.78 is 34.6. The van der Waals surface area contributed by atoms with Gasteiger partial charge in [0.25, 0.3) is 5.91 Å². The summed E-state index contributed by atoms with van der Waals surface area (Å²) in [5.41, 5.74) is 5.16. The third-order valence-electron chi connectivity index (χ3n) is 6.55. The van der Waals surface area contributed by atoms with Crippen molar-refractivity contribution in [2.24, 2.45) is 11.7 Å². The monoisotopic (exact) mass is 533 g/mol. The largest absolute Gasteiger partial charge is 0.493 e. The van der Waals surface area contributed by atoms with E-state index in [1.807, 2.05) is 17.7 Å². The molecular formula is C26H33F2N5O5. The standard InChI is InChI=1S/C26H33F2N5O5/c1-2-16-14-30-26(31-15-16)33-9-7-17(8-10-33)4-3-11-38-18-12-19(27)23(20(28)13-18)24(35)32-21(25(36)37)5-6-22(29)34/h12-15,17,21H,2-11H2,1H3,(H2,29,34)(H,32,35)(H,36,37)/t21-/m1/s1. The van der Waals surface area contributed by atoms with E-state index in [9.17, 15) is 28.3 Å². The van der Waals surface area contributed by atoms with Gasteiger partial charge in [0.2, 0.25) is 11.9 Å². The summed E-state index contributed by atoms with van der Waals surface area (Å²) in [5, 5.41) is 11.2. The molecule has 3 rings (SSSR count). The second kappa shape index (κ2) is 13.6. The minimum atomic E-state index is -1.52. The van der Waals surface area contributed by atoms with Crippen LogP contribution < -0.4 is 20.7 Å². The molecule has 2 aromatic rings. The summed E-state index contributed by atoms with van der Waals surface area (Å²) in [6, 6.07) is 0.254. The number of primary amides is 1. The SMILES string of the molecule is CCc1cnc(N2CCC(CCCOc3cc(F)c(C(=O)N[C@H](CCC(N)=O)C(=O)O)c(F)c3)CC2)nc1. The molecule has 1 aliphatic heterocycles. The second-order valence-corrected chi connectivity index (χ2v) is 9.30. The highest BCUT2D eigenvalue weighted by Gasteiger charge is 2.26. The fourth-order valence-corrected chi connectivity index (χ4v) is 4.30. The molecule has 1 atom stereocenters. The number of nitrogens with one attached hydrogen (secondary N) is 1. The average Bonchev–Trinajstić information content (AvgIpc) is 2.89. The molecule has 4 N–H and O–H groups in total. The van der Waals surface area contributed by atoms with Crippen LogP contribution in [0.4, 0.5) is 14.7 Å². The predicted molar refractivity (Wildman–Crippen MR) is 135 cm³/mol. The number of carbonyl (C=O) groups excluding carboxylic acids is 2. The number of carboxylic acids is 1. The summed E-state index contributed by atoms with van der Waals surface area (Å²) >= 11 is 0. The minimum Gasteiger partial charge on any atom is -0.493 e. The number of aliphatic carboxylic acids is 1. The molecule has 12 heteroatoms. The van der Waals surface area contributed by atoms with E-state index in [2.05, 4.69) is 21.8 Å². The number of nitrogens with two attached hydrogens (primary N) is 1. The van der Waals surface area contributed by atoms with Crippen LogP contribution in [0, 0.1) is 17.6 Å². The molecule has 0 unspecified atom stereocenters. The second-order valence-electron chi connectivity index (χ2n) is 9.30. The van der Waals surface area contributed by atoms with Gasteiger partial charge in [-0.3, -0.25) is 9.59 Å². The lowest BCUT2D eigenvalue weighted by molar-refractivity contribution is -0.139. The predicted octanol–water partition coefficient (Wildman–Crippen LogP) is 2.84. The normalized spacial score (nSPS) is 14.7. The van der Waals surface area contributed by atoms with E-state index < -0.39 is 41.0 Å². The van der Waals surface area contributed by atoms with Crippen molar-refractivity contribution >= 4 is 23.7 Å². The van der Waals surface area contributed by atoms with Gasteiger partial charge in [0.1, 0.15) is 29.0 Å². The molecule has 1 aromatic carbocycles. The van der Waals surface area contributed by atoms with Crippen molar-refractivity contribution in [3.63, 3.8) is 0 Å². The zero-order valence-electron chi connectivity index (χ0n) is 21.3. The molecule has 0 radical (unpaired) electrons. The van der Waals surface area contributed by atoms with Crippen LogP contribution in [0.15, 0.2) is 24.5 Å². The van der Waals surface area contributed by atoms with E-state index in [1.165, 1.54) is 0 Å². The Balaban J connectivity index is 1.45. The van der Waals surface area contributed by atoms with E-state index in [1.54, 1.807) is 0 Å². The number of benzene rings is 1.